The summed E-state index contributed by atoms with van der Waals surface area (Å²) in [5.41, 5.74) is 0.637. The molecule has 0 saturated heterocycles. The summed E-state index contributed by atoms with van der Waals surface area (Å²) in [7, 11) is 0. The molecule has 0 radical (unpaired) electrons. The summed E-state index contributed by atoms with van der Waals surface area (Å²) in [6.07, 6.45) is 1.78. The average Bonchev–Trinajstić information content (AvgIpc) is 3.16. The predicted octanol–water partition coefficient (Wildman–Crippen LogP) is 2.91. The Bertz CT molecular complexity index is 427. The fourth-order valence-electron chi connectivity index (χ4n) is 1.90. The van der Waals surface area contributed by atoms with Gasteiger partial charge in [-0.15, -0.1) is 0 Å². The zero-order valence-electron chi connectivity index (χ0n) is 10.3. The van der Waals surface area contributed by atoms with Gasteiger partial charge in [0.25, 0.3) is 0 Å². The maximum Gasteiger partial charge on any atom is 0.387 e. The second-order valence-corrected chi connectivity index (χ2v) is 5.58. The standard InChI is InChI=1S/C13H16BrF2NO2/c14-10-3-4-12(19-13(15)16)9(5-10)6-17-7-11(18)8-1-2-8/h3-5,8,11,13,17-18H,1-2,6-7H2. The lowest BCUT2D eigenvalue weighted by Crippen LogP contribution is -2.28. The zero-order chi connectivity index (χ0) is 13.8. The van der Waals surface area contributed by atoms with Crippen molar-refractivity contribution in [1.82, 2.24) is 5.32 Å². The molecule has 1 aromatic rings. The topological polar surface area (TPSA) is 41.5 Å². The first kappa shape index (κ1) is 14.7. The van der Waals surface area contributed by atoms with Gasteiger partial charge in [-0.25, -0.2) is 0 Å². The van der Waals surface area contributed by atoms with Crippen molar-refractivity contribution in [2.24, 2.45) is 5.92 Å². The molecular weight excluding hydrogens is 320 g/mol. The second kappa shape index (κ2) is 6.63. The van der Waals surface area contributed by atoms with Gasteiger partial charge >= 0.3 is 6.61 Å². The smallest absolute Gasteiger partial charge is 0.387 e. The van der Waals surface area contributed by atoms with E-state index >= 15 is 0 Å². The number of hydrogen-bond donors (Lipinski definition) is 2. The number of hydrogen-bond acceptors (Lipinski definition) is 3. The van der Waals surface area contributed by atoms with E-state index in [-0.39, 0.29) is 11.9 Å². The van der Waals surface area contributed by atoms with Crippen LogP contribution < -0.4 is 10.1 Å². The van der Waals surface area contributed by atoms with E-state index in [2.05, 4.69) is 26.0 Å². The van der Waals surface area contributed by atoms with Crippen LogP contribution in [0.2, 0.25) is 0 Å². The number of ether oxygens (including phenoxy) is 1. The SMILES string of the molecule is OC(CNCc1cc(Br)ccc1OC(F)F)C1CC1. The first-order valence-electron chi connectivity index (χ1n) is 6.18. The number of alkyl halides is 2. The van der Waals surface area contributed by atoms with Crippen molar-refractivity contribution in [1.29, 1.82) is 0 Å². The van der Waals surface area contributed by atoms with Crippen LogP contribution in [0, 0.1) is 5.92 Å². The normalized spacial score (nSPS) is 16.7. The van der Waals surface area contributed by atoms with Crippen LogP contribution in [0.15, 0.2) is 22.7 Å². The molecule has 6 heteroatoms. The highest BCUT2D eigenvalue weighted by molar-refractivity contribution is 9.10. The average molecular weight is 336 g/mol. The highest BCUT2D eigenvalue weighted by atomic mass is 79.9. The van der Waals surface area contributed by atoms with Gasteiger partial charge in [0.15, 0.2) is 0 Å². The molecule has 0 heterocycles. The van der Waals surface area contributed by atoms with E-state index in [0.717, 1.165) is 17.3 Å². The van der Waals surface area contributed by atoms with E-state index in [0.29, 0.717) is 24.6 Å². The summed E-state index contributed by atoms with van der Waals surface area (Å²) in [6, 6.07) is 4.89. The Kier molecular flexibility index (Phi) is 5.13. The van der Waals surface area contributed by atoms with Gasteiger partial charge in [0.05, 0.1) is 6.10 Å². The largest absolute Gasteiger partial charge is 0.434 e. The summed E-state index contributed by atoms with van der Waals surface area (Å²) in [5.74, 6) is 0.554. The minimum Gasteiger partial charge on any atom is -0.434 e. The summed E-state index contributed by atoms with van der Waals surface area (Å²) in [5, 5.41) is 12.8. The fourth-order valence-corrected chi connectivity index (χ4v) is 2.31. The molecule has 1 atom stereocenters. The van der Waals surface area contributed by atoms with Crippen molar-refractivity contribution >= 4 is 15.9 Å². The molecule has 106 valence electrons. The van der Waals surface area contributed by atoms with Gasteiger partial charge in [-0.05, 0) is 37.0 Å². The Labute approximate surface area is 119 Å². The third-order valence-electron chi connectivity index (χ3n) is 3.07. The molecule has 1 saturated carbocycles. The van der Waals surface area contributed by atoms with Crippen LogP contribution in [0.5, 0.6) is 5.75 Å². The molecular formula is C13H16BrF2NO2. The second-order valence-electron chi connectivity index (χ2n) is 4.67. The number of rotatable bonds is 7. The maximum absolute atomic E-state index is 12.3. The van der Waals surface area contributed by atoms with Crippen molar-refractivity contribution in [2.75, 3.05) is 6.54 Å². The Morgan fingerprint density at radius 1 is 1.42 bits per heavy atom. The van der Waals surface area contributed by atoms with Gasteiger partial charge in [0.2, 0.25) is 0 Å². The molecule has 0 aromatic heterocycles. The van der Waals surface area contributed by atoms with Crippen LogP contribution in [0.1, 0.15) is 18.4 Å². The van der Waals surface area contributed by atoms with Gasteiger partial charge in [0, 0.05) is 23.1 Å². The lowest BCUT2D eigenvalue weighted by molar-refractivity contribution is -0.0505. The molecule has 0 spiro atoms. The van der Waals surface area contributed by atoms with Crippen molar-refractivity contribution in [3.05, 3.63) is 28.2 Å². The molecule has 1 aliphatic rings. The summed E-state index contributed by atoms with van der Waals surface area (Å²) >= 11 is 3.30. The minimum atomic E-state index is -2.84. The first-order valence-corrected chi connectivity index (χ1v) is 6.97. The van der Waals surface area contributed by atoms with E-state index in [1.807, 2.05) is 0 Å². The Morgan fingerprint density at radius 2 is 2.16 bits per heavy atom. The van der Waals surface area contributed by atoms with Gasteiger partial charge < -0.3 is 15.2 Å². The Hall–Kier alpha value is -0.720. The highest BCUT2D eigenvalue weighted by Crippen LogP contribution is 2.32. The van der Waals surface area contributed by atoms with E-state index in [4.69, 9.17) is 0 Å². The maximum atomic E-state index is 12.3. The Morgan fingerprint density at radius 3 is 2.79 bits per heavy atom. The van der Waals surface area contributed by atoms with Crippen molar-refractivity contribution < 1.29 is 18.6 Å². The van der Waals surface area contributed by atoms with Crippen molar-refractivity contribution in [3.63, 3.8) is 0 Å². The molecule has 0 aliphatic heterocycles. The van der Waals surface area contributed by atoms with E-state index in [9.17, 15) is 13.9 Å². The molecule has 19 heavy (non-hydrogen) atoms. The quantitative estimate of drug-likeness (QED) is 0.805. The predicted molar refractivity (Wildman–Crippen MR) is 71.2 cm³/mol. The van der Waals surface area contributed by atoms with Gasteiger partial charge in [-0.3, -0.25) is 0 Å². The summed E-state index contributed by atoms with van der Waals surface area (Å²) < 4.78 is 29.8. The van der Waals surface area contributed by atoms with Crippen LogP contribution in [-0.4, -0.2) is 24.4 Å². The summed E-state index contributed by atoms with van der Waals surface area (Å²) in [6.45, 7) is -1.99. The minimum absolute atomic E-state index is 0.159. The lowest BCUT2D eigenvalue weighted by Gasteiger charge is -2.14. The van der Waals surface area contributed by atoms with Gasteiger partial charge in [-0.2, -0.15) is 8.78 Å². The molecule has 2 N–H and O–H groups in total. The van der Waals surface area contributed by atoms with E-state index in [1.165, 1.54) is 6.07 Å². The third-order valence-corrected chi connectivity index (χ3v) is 3.57. The number of halogens is 3. The van der Waals surface area contributed by atoms with Crippen LogP contribution in [0.25, 0.3) is 0 Å². The third kappa shape index (κ3) is 4.71. The number of aliphatic hydroxyl groups is 1. The molecule has 3 nitrogen and oxygen atoms in total. The Balaban J connectivity index is 1.91. The van der Waals surface area contributed by atoms with Crippen LogP contribution >= 0.6 is 15.9 Å². The fraction of sp³-hybridized carbons (Fsp3) is 0.538. The molecule has 1 fully saturated rings. The van der Waals surface area contributed by atoms with E-state index in [1.54, 1.807) is 12.1 Å². The van der Waals surface area contributed by atoms with E-state index < -0.39 is 6.61 Å². The summed E-state index contributed by atoms with van der Waals surface area (Å²) in [4.78, 5) is 0. The first-order chi connectivity index (χ1) is 9.06. The molecule has 2 rings (SSSR count). The van der Waals surface area contributed by atoms with Crippen molar-refractivity contribution in [3.8, 4) is 5.75 Å². The molecule has 0 bridgehead atoms. The van der Waals surface area contributed by atoms with Crippen LogP contribution in [0.3, 0.4) is 0 Å². The van der Waals surface area contributed by atoms with Gasteiger partial charge in [0.1, 0.15) is 5.75 Å². The number of aliphatic hydroxyl groups excluding tert-OH is 1. The molecule has 1 unspecified atom stereocenters. The molecule has 1 aromatic carbocycles. The number of nitrogens with one attached hydrogen (secondary N) is 1. The molecule has 1 aliphatic carbocycles. The van der Waals surface area contributed by atoms with Crippen molar-refractivity contribution in [2.45, 2.75) is 32.1 Å². The zero-order valence-corrected chi connectivity index (χ0v) is 11.9. The highest BCUT2D eigenvalue weighted by Gasteiger charge is 2.29. The lowest BCUT2D eigenvalue weighted by atomic mass is 10.2. The number of benzene rings is 1. The van der Waals surface area contributed by atoms with Crippen LogP contribution in [-0.2, 0) is 6.54 Å². The molecule has 0 amide bonds. The van der Waals surface area contributed by atoms with Crippen LogP contribution in [0.4, 0.5) is 8.78 Å². The van der Waals surface area contributed by atoms with Gasteiger partial charge in [-0.1, -0.05) is 15.9 Å². The monoisotopic (exact) mass is 335 g/mol.